The molecular formula is C19H22N4O3. The van der Waals surface area contributed by atoms with Crippen LogP contribution >= 0.6 is 0 Å². The molecule has 1 aromatic carbocycles. The van der Waals surface area contributed by atoms with Crippen molar-refractivity contribution < 1.29 is 14.3 Å². The molecule has 0 spiro atoms. The summed E-state index contributed by atoms with van der Waals surface area (Å²) in [7, 11) is 0. The molecule has 0 radical (unpaired) electrons. The molecule has 7 nitrogen and oxygen atoms in total. The van der Waals surface area contributed by atoms with Crippen LogP contribution in [-0.4, -0.2) is 57.4 Å². The summed E-state index contributed by atoms with van der Waals surface area (Å²) in [4.78, 5) is 26.3. The van der Waals surface area contributed by atoms with Crippen molar-refractivity contribution in [2.75, 3.05) is 19.8 Å². The molecule has 3 heterocycles. The average molecular weight is 354 g/mol. The van der Waals surface area contributed by atoms with E-state index in [1.165, 1.54) is 23.4 Å². The summed E-state index contributed by atoms with van der Waals surface area (Å²) in [5, 5.41) is 7.72. The lowest BCUT2D eigenvalue weighted by molar-refractivity contribution is -0.134. The van der Waals surface area contributed by atoms with E-state index >= 15 is 0 Å². The molecule has 136 valence electrons. The number of hydrogen-bond acceptors (Lipinski definition) is 5. The van der Waals surface area contributed by atoms with Gasteiger partial charge in [0.25, 0.3) is 0 Å². The molecule has 2 saturated heterocycles. The van der Waals surface area contributed by atoms with Crippen LogP contribution in [0.4, 0.5) is 0 Å². The van der Waals surface area contributed by atoms with Gasteiger partial charge >= 0.3 is 0 Å². The molecule has 2 aliphatic heterocycles. The summed E-state index contributed by atoms with van der Waals surface area (Å²) in [6, 6.07) is 10.5. The maximum atomic E-state index is 12.9. The number of hydrogen-bond donors (Lipinski definition) is 0. The minimum atomic E-state index is -0.154. The third kappa shape index (κ3) is 3.14. The summed E-state index contributed by atoms with van der Waals surface area (Å²) in [5.74, 6) is 0.464. The Morgan fingerprint density at radius 1 is 1.27 bits per heavy atom. The van der Waals surface area contributed by atoms with Crippen molar-refractivity contribution in [1.29, 1.82) is 0 Å². The lowest BCUT2D eigenvalue weighted by Gasteiger charge is -2.32. The van der Waals surface area contributed by atoms with Gasteiger partial charge in [0.1, 0.15) is 12.2 Å². The second-order valence-corrected chi connectivity index (χ2v) is 7.02. The van der Waals surface area contributed by atoms with E-state index in [0.29, 0.717) is 25.7 Å². The molecule has 1 aromatic heterocycles. The molecule has 1 amide bonds. The van der Waals surface area contributed by atoms with Crippen molar-refractivity contribution in [2.45, 2.75) is 31.8 Å². The Balaban J connectivity index is 1.53. The average Bonchev–Trinajstić information content (AvgIpc) is 3.27. The number of fused-ring (bicyclic) bond motifs is 1. The number of carbonyl (C=O) groups is 2. The number of nitrogens with zero attached hydrogens (tertiary/aromatic N) is 4. The van der Waals surface area contributed by atoms with Crippen LogP contribution in [0.15, 0.2) is 36.5 Å². The number of Topliss-reactive ketones (excluding diaryl/α,β-unsaturated/α-hetero) is 1. The number of ether oxygens (including phenoxy) is 1. The molecule has 0 bridgehead atoms. The number of benzene rings is 1. The van der Waals surface area contributed by atoms with Crippen molar-refractivity contribution in [3.8, 4) is 0 Å². The van der Waals surface area contributed by atoms with Crippen LogP contribution in [0.2, 0.25) is 0 Å². The van der Waals surface area contributed by atoms with Crippen LogP contribution < -0.4 is 0 Å². The van der Waals surface area contributed by atoms with Crippen molar-refractivity contribution in [3.05, 3.63) is 47.8 Å². The van der Waals surface area contributed by atoms with Gasteiger partial charge in [-0.05, 0) is 12.0 Å². The molecule has 0 saturated carbocycles. The first-order chi connectivity index (χ1) is 12.6. The summed E-state index contributed by atoms with van der Waals surface area (Å²) in [6.07, 6.45) is 2.39. The molecule has 26 heavy (non-hydrogen) atoms. The zero-order valence-electron chi connectivity index (χ0n) is 14.7. The third-order valence-corrected chi connectivity index (χ3v) is 5.42. The lowest BCUT2D eigenvalue weighted by atomic mass is 9.84. The fourth-order valence-electron chi connectivity index (χ4n) is 4.11. The number of ketones is 1. The van der Waals surface area contributed by atoms with Crippen LogP contribution in [-0.2, 0) is 16.1 Å². The SMILES string of the molecule is CC(=O)c1cn(CC(=O)N2CC(c3ccccc3)C3COCCC32)nn1. The highest BCUT2D eigenvalue weighted by Gasteiger charge is 2.45. The first-order valence-electron chi connectivity index (χ1n) is 8.96. The minimum Gasteiger partial charge on any atom is -0.381 e. The topological polar surface area (TPSA) is 77.3 Å². The van der Waals surface area contributed by atoms with Crippen LogP contribution in [0, 0.1) is 5.92 Å². The normalized spacial score (nSPS) is 25.1. The number of aromatic nitrogens is 3. The molecule has 2 fully saturated rings. The lowest BCUT2D eigenvalue weighted by Crippen LogP contribution is -2.43. The second-order valence-electron chi connectivity index (χ2n) is 7.02. The van der Waals surface area contributed by atoms with Gasteiger partial charge in [-0.1, -0.05) is 35.5 Å². The number of amides is 1. The molecule has 2 aliphatic rings. The van der Waals surface area contributed by atoms with Crippen molar-refractivity contribution in [2.24, 2.45) is 5.92 Å². The zero-order valence-corrected chi connectivity index (χ0v) is 14.7. The van der Waals surface area contributed by atoms with Crippen LogP contribution in [0.3, 0.4) is 0 Å². The summed E-state index contributed by atoms with van der Waals surface area (Å²) in [6.45, 7) is 3.60. The van der Waals surface area contributed by atoms with Crippen LogP contribution in [0.25, 0.3) is 0 Å². The maximum Gasteiger partial charge on any atom is 0.244 e. The van der Waals surface area contributed by atoms with E-state index in [-0.39, 0.29) is 35.9 Å². The van der Waals surface area contributed by atoms with E-state index in [0.717, 1.165) is 6.42 Å². The zero-order chi connectivity index (χ0) is 18.1. The van der Waals surface area contributed by atoms with Crippen LogP contribution in [0.1, 0.15) is 35.3 Å². The first kappa shape index (κ1) is 16.9. The minimum absolute atomic E-state index is 0.0142. The van der Waals surface area contributed by atoms with Gasteiger partial charge in [-0.15, -0.1) is 5.10 Å². The van der Waals surface area contributed by atoms with E-state index < -0.39 is 0 Å². The summed E-state index contributed by atoms with van der Waals surface area (Å²) >= 11 is 0. The quantitative estimate of drug-likeness (QED) is 0.778. The van der Waals surface area contributed by atoms with Crippen molar-refractivity contribution in [3.63, 3.8) is 0 Å². The molecule has 2 aromatic rings. The second kappa shape index (κ2) is 6.99. The Morgan fingerprint density at radius 3 is 2.81 bits per heavy atom. The van der Waals surface area contributed by atoms with Crippen LogP contribution in [0.5, 0.6) is 0 Å². The van der Waals surface area contributed by atoms with Crippen molar-refractivity contribution in [1.82, 2.24) is 19.9 Å². The van der Waals surface area contributed by atoms with Gasteiger partial charge in [0.2, 0.25) is 5.91 Å². The predicted octanol–water partition coefficient (Wildman–Crippen LogP) is 1.51. The Hall–Kier alpha value is -2.54. The highest BCUT2D eigenvalue weighted by atomic mass is 16.5. The van der Waals surface area contributed by atoms with Gasteiger partial charge < -0.3 is 9.64 Å². The van der Waals surface area contributed by atoms with Gasteiger partial charge in [-0.2, -0.15) is 0 Å². The van der Waals surface area contributed by atoms with E-state index in [1.807, 2.05) is 23.1 Å². The number of likely N-dealkylation sites (tertiary alicyclic amines) is 1. The van der Waals surface area contributed by atoms with Gasteiger partial charge in [-0.3, -0.25) is 9.59 Å². The molecule has 0 N–H and O–H groups in total. The largest absolute Gasteiger partial charge is 0.381 e. The van der Waals surface area contributed by atoms with Gasteiger partial charge in [-0.25, -0.2) is 4.68 Å². The maximum absolute atomic E-state index is 12.9. The van der Waals surface area contributed by atoms with E-state index in [2.05, 4.69) is 22.4 Å². The van der Waals surface area contributed by atoms with Crippen molar-refractivity contribution >= 4 is 11.7 Å². The molecule has 7 heteroatoms. The number of carbonyl (C=O) groups excluding carboxylic acids is 2. The molecule has 0 aliphatic carbocycles. The Morgan fingerprint density at radius 2 is 2.08 bits per heavy atom. The molecular weight excluding hydrogens is 332 g/mol. The predicted molar refractivity (Wildman–Crippen MR) is 93.6 cm³/mol. The first-order valence-corrected chi connectivity index (χ1v) is 8.96. The fourth-order valence-corrected chi connectivity index (χ4v) is 4.11. The Kier molecular flexibility index (Phi) is 4.55. The molecule has 3 unspecified atom stereocenters. The summed E-state index contributed by atoms with van der Waals surface area (Å²) in [5.41, 5.74) is 1.54. The Labute approximate surface area is 151 Å². The molecule has 4 rings (SSSR count). The fraction of sp³-hybridized carbons (Fsp3) is 0.474. The Bertz CT molecular complexity index is 804. The monoisotopic (exact) mass is 354 g/mol. The number of rotatable bonds is 4. The van der Waals surface area contributed by atoms with E-state index in [4.69, 9.17) is 4.74 Å². The smallest absolute Gasteiger partial charge is 0.244 e. The van der Waals surface area contributed by atoms with Gasteiger partial charge in [0, 0.05) is 38.0 Å². The highest BCUT2D eigenvalue weighted by Crippen LogP contribution is 2.40. The van der Waals surface area contributed by atoms with Gasteiger partial charge in [0.15, 0.2) is 5.78 Å². The molecule has 3 atom stereocenters. The van der Waals surface area contributed by atoms with E-state index in [1.54, 1.807) is 0 Å². The van der Waals surface area contributed by atoms with E-state index in [9.17, 15) is 9.59 Å². The highest BCUT2D eigenvalue weighted by molar-refractivity contribution is 5.91. The summed E-state index contributed by atoms with van der Waals surface area (Å²) < 4.78 is 7.16. The standard InChI is InChI=1S/C19H22N4O3/c1-13(24)17-10-22(21-20-17)11-19(25)23-9-15(14-5-3-2-4-6-14)16-12-26-8-7-18(16)23/h2-6,10,15-16,18H,7-9,11-12H2,1H3. The third-order valence-electron chi connectivity index (χ3n) is 5.42. The van der Waals surface area contributed by atoms with Gasteiger partial charge in [0.05, 0.1) is 12.8 Å².